The van der Waals surface area contributed by atoms with Gasteiger partial charge in [0.1, 0.15) is 18.0 Å². The van der Waals surface area contributed by atoms with Gasteiger partial charge in [0.05, 0.1) is 12.6 Å². The summed E-state index contributed by atoms with van der Waals surface area (Å²) in [6.07, 6.45) is 7.70. The molecule has 2 aromatic heterocycles. The van der Waals surface area contributed by atoms with Gasteiger partial charge in [-0.15, -0.1) is 10.2 Å². The number of hydrogen-bond acceptors (Lipinski definition) is 6. The van der Waals surface area contributed by atoms with Crippen molar-refractivity contribution in [2.45, 2.75) is 63.6 Å². The fourth-order valence-electron chi connectivity index (χ4n) is 3.37. The summed E-state index contributed by atoms with van der Waals surface area (Å²) in [7, 11) is 0. The molecule has 1 aliphatic heterocycles. The fourth-order valence-corrected chi connectivity index (χ4v) is 3.37. The molecule has 3 heterocycles. The van der Waals surface area contributed by atoms with Crippen molar-refractivity contribution in [2.75, 3.05) is 5.32 Å². The lowest BCUT2D eigenvalue weighted by Crippen LogP contribution is -2.27. The zero-order valence-corrected chi connectivity index (χ0v) is 13.1. The SMILES string of the molecule is OC1CC(c2cc(NCc3nnc4n3CCCCC4)ncn2)C1. The van der Waals surface area contributed by atoms with Crippen LogP contribution in [-0.4, -0.2) is 35.9 Å². The van der Waals surface area contributed by atoms with Gasteiger partial charge in [-0.3, -0.25) is 0 Å². The van der Waals surface area contributed by atoms with Crippen molar-refractivity contribution >= 4 is 5.82 Å². The average Bonchev–Trinajstić information content (AvgIpc) is 2.77. The maximum absolute atomic E-state index is 9.44. The third-order valence-corrected chi connectivity index (χ3v) is 4.83. The molecule has 0 aromatic carbocycles. The Hall–Kier alpha value is -2.02. The minimum absolute atomic E-state index is 0.169. The number of aliphatic hydroxyl groups is 1. The second-order valence-corrected chi connectivity index (χ2v) is 6.50. The Morgan fingerprint density at radius 2 is 2.09 bits per heavy atom. The van der Waals surface area contributed by atoms with E-state index in [-0.39, 0.29) is 6.10 Å². The van der Waals surface area contributed by atoms with Crippen LogP contribution in [-0.2, 0) is 19.5 Å². The highest BCUT2D eigenvalue weighted by molar-refractivity contribution is 5.36. The Balaban J connectivity index is 1.43. The minimum Gasteiger partial charge on any atom is -0.393 e. The summed E-state index contributed by atoms with van der Waals surface area (Å²) in [6.45, 7) is 1.63. The Bertz CT molecular complexity index is 679. The van der Waals surface area contributed by atoms with Crippen LogP contribution < -0.4 is 5.32 Å². The molecule has 0 bridgehead atoms. The number of aromatic nitrogens is 5. The molecule has 7 heteroatoms. The van der Waals surface area contributed by atoms with Crippen LogP contribution in [0.5, 0.6) is 0 Å². The van der Waals surface area contributed by atoms with Gasteiger partial charge in [-0.1, -0.05) is 6.42 Å². The van der Waals surface area contributed by atoms with Gasteiger partial charge in [0, 0.05) is 30.6 Å². The predicted octanol–water partition coefficient (Wildman–Crippen LogP) is 1.64. The molecule has 0 radical (unpaired) electrons. The van der Waals surface area contributed by atoms with Crippen molar-refractivity contribution in [1.82, 2.24) is 24.7 Å². The van der Waals surface area contributed by atoms with Gasteiger partial charge in [-0.25, -0.2) is 9.97 Å². The Labute approximate surface area is 135 Å². The number of hydrogen-bond donors (Lipinski definition) is 2. The van der Waals surface area contributed by atoms with Crippen LogP contribution in [0.4, 0.5) is 5.82 Å². The molecule has 2 aliphatic rings. The van der Waals surface area contributed by atoms with Gasteiger partial charge < -0.3 is 15.0 Å². The van der Waals surface area contributed by atoms with Crippen LogP contribution in [0, 0.1) is 0 Å². The van der Waals surface area contributed by atoms with E-state index in [9.17, 15) is 5.11 Å². The Morgan fingerprint density at radius 1 is 1.17 bits per heavy atom. The summed E-state index contributed by atoms with van der Waals surface area (Å²) in [5, 5.41) is 21.4. The van der Waals surface area contributed by atoms with E-state index in [0.717, 1.165) is 49.0 Å². The van der Waals surface area contributed by atoms with Gasteiger partial charge in [-0.05, 0) is 25.7 Å². The average molecular weight is 314 g/mol. The molecule has 1 aliphatic carbocycles. The van der Waals surface area contributed by atoms with Crippen LogP contribution in [0.2, 0.25) is 0 Å². The van der Waals surface area contributed by atoms with Crippen LogP contribution in [0.3, 0.4) is 0 Å². The largest absolute Gasteiger partial charge is 0.393 e. The number of nitrogens with one attached hydrogen (secondary N) is 1. The second-order valence-electron chi connectivity index (χ2n) is 6.50. The smallest absolute Gasteiger partial charge is 0.152 e. The Morgan fingerprint density at radius 3 is 2.96 bits per heavy atom. The lowest BCUT2D eigenvalue weighted by Gasteiger charge is -2.30. The molecule has 0 amide bonds. The standard InChI is InChI=1S/C16H22N6O/c23-12-6-11(7-12)13-8-14(19-10-18-13)17-9-16-21-20-15-4-2-1-3-5-22(15)16/h8,10-12,23H,1-7,9H2,(H,17,18,19). The quantitative estimate of drug-likeness (QED) is 0.892. The van der Waals surface area contributed by atoms with Crippen molar-refractivity contribution in [3.05, 3.63) is 29.7 Å². The minimum atomic E-state index is -0.169. The zero-order chi connectivity index (χ0) is 15.6. The van der Waals surface area contributed by atoms with Gasteiger partial charge >= 0.3 is 0 Å². The topological polar surface area (TPSA) is 88.8 Å². The van der Waals surface area contributed by atoms with Crippen molar-refractivity contribution in [3.63, 3.8) is 0 Å². The van der Waals surface area contributed by atoms with E-state index in [4.69, 9.17) is 0 Å². The summed E-state index contributed by atoms with van der Waals surface area (Å²) in [4.78, 5) is 8.62. The third-order valence-electron chi connectivity index (χ3n) is 4.83. The molecule has 7 nitrogen and oxygen atoms in total. The highest BCUT2D eigenvalue weighted by atomic mass is 16.3. The van der Waals surface area contributed by atoms with Crippen LogP contribution in [0.1, 0.15) is 55.4 Å². The van der Waals surface area contributed by atoms with Gasteiger partial charge in [-0.2, -0.15) is 0 Å². The fraction of sp³-hybridized carbons (Fsp3) is 0.625. The molecule has 122 valence electrons. The normalized spacial score (nSPS) is 23.7. The first-order chi connectivity index (χ1) is 11.3. The second kappa shape index (κ2) is 6.23. The molecule has 0 saturated heterocycles. The predicted molar refractivity (Wildman–Crippen MR) is 84.9 cm³/mol. The first kappa shape index (κ1) is 14.6. The van der Waals surface area contributed by atoms with Crippen molar-refractivity contribution in [1.29, 1.82) is 0 Å². The molecular formula is C16H22N6O. The number of aryl methyl sites for hydroxylation is 1. The maximum Gasteiger partial charge on any atom is 0.152 e. The molecular weight excluding hydrogens is 292 g/mol. The number of rotatable bonds is 4. The molecule has 0 spiro atoms. The van der Waals surface area contributed by atoms with Crippen LogP contribution in [0.15, 0.2) is 12.4 Å². The van der Waals surface area contributed by atoms with Crippen molar-refractivity contribution < 1.29 is 5.11 Å². The Kier molecular flexibility index (Phi) is 3.95. The summed E-state index contributed by atoms with van der Waals surface area (Å²) < 4.78 is 2.24. The molecule has 2 aromatic rings. The van der Waals surface area contributed by atoms with E-state index in [1.807, 2.05) is 6.07 Å². The van der Waals surface area contributed by atoms with Crippen LogP contribution in [0.25, 0.3) is 0 Å². The third kappa shape index (κ3) is 3.06. The van der Waals surface area contributed by atoms with E-state index in [1.165, 1.54) is 19.3 Å². The molecule has 2 N–H and O–H groups in total. The lowest BCUT2D eigenvalue weighted by molar-refractivity contribution is 0.0732. The van der Waals surface area contributed by atoms with E-state index in [0.29, 0.717) is 12.5 Å². The molecule has 23 heavy (non-hydrogen) atoms. The molecule has 0 unspecified atom stereocenters. The number of nitrogens with zero attached hydrogens (tertiary/aromatic N) is 5. The first-order valence-electron chi connectivity index (χ1n) is 8.44. The van der Waals surface area contributed by atoms with E-state index < -0.39 is 0 Å². The highest BCUT2D eigenvalue weighted by Crippen LogP contribution is 2.35. The molecule has 1 fully saturated rings. The number of anilines is 1. The monoisotopic (exact) mass is 314 g/mol. The van der Waals surface area contributed by atoms with E-state index >= 15 is 0 Å². The molecule has 0 atom stereocenters. The van der Waals surface area contributed by atoms with Crippen molar-refractivity contribution in [2.24, 2.45) is 0 Å². The van der Waals surface area contributed by atoms with Gasteiger partial charge in [0.25, 0.3) is 0 Å². The molecule has 4 rings (SSSR count). The van der Waals surface area contributed by atoms with Gasteiger partial charge in [0.2, 0.25) is 0 Å². The van der Waals surface area contributed by atoms with Gasteiger partial charge in [0.15, 0.2) is 5.82 Å². The summed E-state index contributed by atoms with van der Waals surface area (Å²) >= 11 is 0. The highest BCUT2D eigenvalue weighted by Gasteiger charge is 2.29. The summed E-state index contributed by atoms with van der Waals surface area (Å²) in [6, 6.07) is 1.98. The summed E-state index contributed by atoms with van der Waals surface area (Å²) in [5.74, 6) is 3.24. The number of aliphatic hydroxyl groups excluding tert-OH is 1. The molecule has 1 saturated carbocycles. The van der Waals surface area contributed by atoms with Crippen LogP contribution >= 0.6 is 0 Å². The summed E-state index contributed by atoms with van der Waals surface area (Å²) in [5.41, 5.74) is 1.01. The first-order valence-corrected chi connectivity index (χ1v) is 8.44. The maximum atomic E-state index is 9.44. The van der Waals surface area contributed by atoms with E-state index in [1.54, 1.807) is 6.33 Å². The zero-order valence-electron chi connectivity index (χ0n) is 13.1. The van der Waals surface area contributed by atoms with E-state index in [2.05, 4.69) is 30.0 Å². The van der Waals surface area contributed by atoms with Crippen molar-refractivity contribution in [3.8, 4) is 0 Å². The lowest BCUT2D eigenvalue weighted by atomic mass is 9.80. The number of fused-ring (bicyclic) bond motifs is 1.